The molecule has 2 fully saturated rings. The summed E-state index contributed by atoms with van der Waals surface area (Å²) in [6, 6.07) is 8.13. The number of hydrogen-bond acceptors (Lipinski definition) is 3. The molecule has 4 rings (SSSR count). The number of rotatable bonds is 3. The molecule has 1 N–H and O–H groups in total. The average Bonchev–Trinajstić information content (AvgIpc) is 3.08. The maximum atomic E-state index is 11.7. The number of fused-ring (bicyclic) bond motifs is 2. The van der Waals surface area contributed by atoms with Crippen molar-refractivity contribution in [1.82, 2.24) is 14.5 Å². The molecule has 1 aliphatic heterocycles. The van der Waals surface area contributed by atoms with Crippen molar-refractivity contribution < 1.29 is 9.90 Å². The van der Waals surface area contributed by atoms with Gasteiger partial charge in [0.1, 0.15) is 11.9 Å². The number of benzene rings is 1. The van der Waals surface area contributed by atoms with Crippen LogP contribution in [-0.4, -0.2) is 37.6 Å². The van der Waals surface area contributed by atoms with Gasteiger partial charge in [-0.15, -0.1) is 0 Å². The lowest BCUT2D eigenvalue weighted by atomic mass is 9.85. The second-order valence-corrected chi connectivity index (χ2v) is 6.95. The summed E-state index contributed by atoms with van der Waals surface area (Å²) in [5, 5.41) is 9.65. The fraction of sp³-hybridized carbons (Fsp3) is 0.556. The molecule has 1 saturated carbocycles. The van der Waals surface area contributed by atoms with E-state index in [9.17, 15) is 9.90 Å². The van der Waals surface area contributed by atoms with Gasteiger partial charge in [-0.25, -0.2) is 4.98 Å². The molecule has 0 radical (unpaired) electrons. The van der Waals surface area contributed by atoms with Crippen LogP contribution in [0.25, 0.3) is 11.0 Å². The minimum absolute atomic E-state index is 0.358. The molecular weight excluding hydrogens is 290 g/mol. The number of aryl methyl sites for hydroxylation is 1. The topological polar surface area (TPSA) is 58.4 Å². The number of nitrogens with zero attached hydrogens (tertiary/aromatic N) is 3. The third-order valence-corrected chi connectivity index (χ3v) is 5.71. The van der Waals surface area contributed by atoms with Gasteiger partial charge in [0.05, 0.1) is 17.6 Å². The van der Waals surface area contributed by atoms with Crippen molar-refractivity contribution in [3.8, 4) is 0 Å². The van der Waals surface area contributed by atoms with Crippen molar-refractivity contribution in [2.75, 3.05) is 0 Å². The normalized spacial score (nSPS) is 28.1. The monoisotopic (exact) mass is 313 g/mol. The Morgan fingerprint density at radius 3 is 2.87 bits per heavy atom. The second kappa shape index (κ2) is 5.64. The van der Waals surface area contributed by atoms with Crippen LogP contribution in [-0.2, 0) is 18.4 Å². The van der Waals surface area contributed by atoms with Crippen LogP contribution in [0.1, 0.15) is 37.9 Å². The highest BCUT2D eigenvalue weighted by molar-refractivity contribution is 5.76. The lowest BCUT2D eigenvalue weighted by molar-refractivity contribution is -0.143. The predicted octanol–water partition coefficient (Wildman–Crippen LogP) is 2.79. The van der Waals surface area contributed by atoms with Crippen molar-refractivity contribution in [1.29, 1.82) is 0 Å². The summed E-state index contributed by atoms with van der Waals surface area (Å²) in [6.45, 7) is 0.628. The summed E-state index contributed by atoms with van der Waals surface area (Å²) in [6.07, 6.45) is 5.55. The van der Waals surface area contributed by atoms with Crippen molar-refractivity contribution in [2.24, 2.45) is 13.0 Å². The Balaban J connectivity index is 1.66. The fourth-order valence-corrected chi connectivity index (χ4v) is 4.52. The molecule has 1 aromatic heterocycles. The molecule has 3 unspecified atom stereocenters. The quantitative estimate of drug-likeness (QED) is 0.946. The molecule has 122 valence electrons. The van der Waals surface area contributed by atoms with Crippen molar-refractivity contribution in [2.45, 2.75) is 50.7 Å². The zero-order valence-electron chi connectivity index (χ0n) is 13.5. The van der Waals surface area contributed by atoms with E-state index in [-0.39, 0.29) is 6.04 Å². The molecule has 1 saturated heterocycles. The third-order valence-electron chi connectivity index (χ3n) is 5.71. The molecule has 5 nitrogen and oxygen atoms in total. The number of aliphatic carboxylic acids is 1. The Hall–Kier alpha value is -1.88. The first-order valence-corrected chi connectivity index (χ1v) is 8.54. The van der Waals surface area contributed by atoms with Crippen molar-refractivity contribution in [3.05, 3.63) is 30.1 Å². The molecule has 2 aromatic rings. The highest BCUT2D eigenvalue weighted by atomic mass is 16.4. The van der Waals surface area contributed by atoms with Crippen LogP contribution < -0.4 is 0 Å². The number of aromatic nitrogens is 2. The summed E-state index contributed by atoms with van der Waals surface area (Å²) in [5.74, 6) is 0.821. The lowest BCUT2D eigenvalue weighted by Crippen LogP contribution is -2.42. The number of imidazole rings is 1. The summed E-state index contributed by atoms with van der Waals surface area (Å²) >= 11 is 0. The smallest absolute Gasteiger partial charge is 0.320 e. The molecular formula is C18H23N3O2. The largest absolute Gasteiger partial charge is 0.480 e. The Labute approximate surface area is 135 Å². The van der Waals surface area contributed by atoms with E-state index in [1.807, 2.05) is 25.2 Å². The van der Waals surface area contributed by atoms with E-state index in [1.54, 1.807) is 0 Å². The number of carbonyl (C=O) groups is 1. The van der Waals surface area contributed by atoms with Gasteiger partial charge in [0.2, 0.25) is 0 Å². The van der Waals surface area contributed by atoms with Crippen LogP contribution in [0.4, 0.5) is 0 Å². The van der Waals surface area contributed by atoms with Gasteiger partial charge in [-0.1, -0.05) is 25.0 Å². The number of para-hydroxylation sites is 2. The Morgan fingerprint density at radius 2 is 2.09 bits per heavy atom. The minimum atomic E-state index is -0.682. The van der Waals surface area contributed by atoms with Crippen LogP contribution in [0.2, 0.25) is 0 Å². The highest BCUT2D eigenvalue weighted by Crippen LogP contribution is 2.40. The number of carboxylic acid groups (broad SMARTS) is 1. The van der Waals surface area contributed by atoms with Gasteiger partial charge in [-0.05, 0) is 37.3 Å². The van der Waals surface area contributed by atoms with Gasteiger partial charge in [0, 0.05) is 13.1 Å². The van der Waals surface area contributed by atoms with Crippen molar-refractivity contribution >= 4 is 17.0 Å². The first-order valence-electron chi connectivity index (χ1n) is 8.54. The molecule has 1 aromatic carbocycles. The standard InChI is InChI=1S/C18H23N3O2/c1-20-15-9-5-3-7-13(15)19-17(20)11-21-14-8-4-2-6-12(14)10-16(21)18(22)23/h3,5,7,9,12,14,16H,2,4,6,8,10-11H2,1H3,(H,22,23). The number of hydrogen-bond donors (Lipinski definition) is 1. The maximum absolute atomic E-state index is 11.7. The molecule has 2 aliphatic rings. The number of likely N-dealkylation sites (tertiary alicyclic amines) is 1. The zero-order valence-corrected chi connectivity index (χ0v) is 13.5. The Bertz CT molecular complexity index is 739. The Kier molecular flexibility index (Phi) is 3.60. The van der Waals surface area contributed by atoms with E-state index in [2.05, 4.69) is 15.5 Å². The highest BCUT2D eigenvalue weighted by Gasteiger charge is 2.45. The molecule has 2 heterocycles. The molecule has 3 atom stereocenters. The first kappa shape index (κ1) is 14.7. The summed E-state index contributed by atoms with van der Waals surface area (Å²) in [5.41, 5.74) is 2.09. The molecule has 1 aliphatic carbocycles. The molecule has 23 heavy (non-hydrogen) atoms. The van der Waals surface area contributed by atoms with Crippen molar-refractivity contribution in [3.63, 3.8) is 0 Å². The fourth-order valence-electron chi connectivity index (χ4n) is 4.52. The summed E-state index contributed by atoms with van der Waals surface area (Å²) in [4.78, 5) is 18.7. The summed E-state index contributed by atoms with van der Waals surface area (Å²) < 4.78 is 2.10. The lowest BCUT2D eigenvalue weighted by Gasteiger charge is -2.32. The second-order valence-electron chi connectivity index (χ2n) is 6.95. The van der Waals surface area contributed by atoms with Gasteiger partial charge in [0.25, 0.3) is 0 Å². The average molecular weight is 313 g/mol. The zero-order chi connectivity index (χ0) is 16.0. The van der Waals surface area contributed by atoms with Gasteiger partial charge >= 0.3 is 5.97 Å². The molecule has 0 amide bonds. The molecule has 0 bridgehead atoms. The van der Waals surface area contributed by atoms with Crippen LogP contribution in [0.15, 0.2) is 24.3 Å². The van der Waals surface area contributed by atoms with E-state index < -0.39 is 5.97 Å². The van der Waals surface area contributed by atoms with E-state index in [0.29, 0.717) is 18.5 Å². The SMILES string of the molecule is Cn1c(CN2C(C(=O)O)CC3CCCCC32)nc2ccccc21. The van der Waals surface area contributed by atoms with E-state index in [0.717, 1.165) is 29.7 Å². The maximum Gasteiger partial charge on any atom is 0.320 e. The first-order chi connectivity index (χ1) is 11.1. The van der Waals surface area contributed by atoms with Crippen LogP contribution >= 0.6 is 0 Å². The van der Waals surface area contributed by atoms with Gasteiger partial charge in [0.15, 0.2) is 0 Å². The number of carboxylic acids is 1. The van der Waals surface area contributed by atoms with Gasteiger partial charge in [-0.3, -0.25) is 9.69 Å². The van der Waals surface area contributed by atoms with Crippen LogP contribution in [0, 0.1) is 5.92 Å². The van der Waals surface area contributed by atoms with Gasteiger partial charge in [-0.2, -0.15) is 0 Å². The Morgan fingerprint density at radius 1 is 1.30 bits per heavy atom. The predicted molar refractivity (Wildman–Crippen MR) is 88.0 cm³/mol. The molecule has 5 heteroatoms. The van der Waals surface area contributed by atoms with E-state index >= 15 is 0 Å². The minimum Gasteiger partial charge on any atom is -0.480 e. The van der Waals surface area contributed by atoms with Crippen LogP contribution in [0.5, 0.6) is 0 Å². The summed E-state index contributed by atoms with van der Waals surface area (Å²) in [7, 11) is 2.02. The van der Waals surface area contributed by atoms with Crippen LogP contribution in [0.3, 0.4) is 0 Å². The van der Waals surface area contributed by atoms with Gasteiger partial charge < -0.3 is 9.67 Å². The molecule has 0 spiro atoms. The third kappa shape index (κ3) is 2.43. The van der Waals surface area contributed by atoms with E-state index in [1.165, 1.54) is 19.3 Å². The van der Waals surface area contributed by atoms with E-state index in [4.69, 9.17) is 4.98 Å².